The summed E-state index contributed by atoms with van der Waals surface area (Å²) in [5.41, 5.74) is 1.32. The Labute approximate surface area is 112 Å². The van der Waals surface area contributed by atoms with Crippen LogP contribution in [0.25, 0.3) is 0 Å². The van der Waals surface area contributed by atoms with Gasteiger partial charge in [0.1, 0.15) is 0 Å². The van der Waals surface area contributed by atoms with E-state index < -0.39 is 0 Å². The fourth-order valence-electron chi connectivity index (χ4n) is 2.15. The SMILES string of the molecule is C[C@H](NCC1CCCCO1)c1ccc(Br)cc1. The summed E-state index contributed by atoms with van der Waals surface area (Å²) >= 11 is 3.46. The molecule has 2 rings (SSSR count). The van der Waals surface area contributed by atoms with E-state index in [0.717, 1.165) is 17.6 Å². The summed E-state index contributed by atoms with van der Waals surface area (Å²) < 4.78 is 6.84. The van der Waals surface area contributed by atoms with E-state index in [9.17, 15) is 0 Å². The first-order valence-corrected chi connectivity index (χ1v) is 7.15. The third-order valence-corrected chi connectivity index (χ3v) is 3.82. The van der Waals surface area contributed by atoms with Crippen LogP contribution in [0.4, 0.5) is 0 Å². The predicted octanol–water partition coefficient (Wildman–Crippen LogP) is 3.67. The second-order valence-electron chi connectivity index (χ2n) is 4.67. The minimum absolute atomic E-state index is 0.383. The number of rotatable bonds is 4. The van der Waals surface area contributed by atoms with E-state index in [1.165, 1.54) is 24.8 Å². The highest BCUT2D eigenvalue weighted by Gasteiger charge is 2.14. The molecule has 0 aliphatic carbocycles. The maximum atomic E-state index is 5.71. The summed E-state index contributed by atoms with van der Waals surface area (Å²) in [6, 6.07) is 8.87. The number of ether oxygens (including phenoxy) is 1. The van der Waals surface area contributed by atoms with Crippen LogP contribution in [0.5, 0.6) is 0 Å². The van der Waals surface area contributed by atoms with Gasteiger partial charge < -0.3 is 10.1 Å². The lowest BCUT2D eigenvalue weighted by molar-refractivity contribution is 0.0156. The smallest absolute Gasteiger partial charge is 0.0699 e. The summed E-state index contributed by atoms with van der Waals surface area (Å²) in [7, 11) is 0. The molecule has 0 radical (unpaired) electrons. The first kappa shape index (κ1) is 13.1. The van der Waals surface area contributed by atoms with Crippen LogP contribution in [0.1, 0.15) is 37.8 Å². The summed E-state index contributed by atoms with van der Waals surface area (Å²) in [4.78, 5) is 0. The molecule has 0 spiro atoms. The van der Waals surface area contributed by atoms with Crippen molar-refractivity contribution in [1.29, 1.82) is 0 Å². The molecule has 1 fully saturated rings. The fourth-order valence-corrected chi connectivity index (χ4v) is 2.41. The molecular weight excluding hydrogens is 278 g/mol. The van der Waals surface area contributed by atoms with Gasteiger partial charge in [-0.1, -0.05) is 28.1 Å². The average Bonchev–Trinajstić information content (AvgIpc) is 2.38. The van der Waals surface area contributed by atoms with Crippen molar-refractivity contribution < 1.29 is 4.74 Å². The molecule has 1 saturated heterocycles. The van der Waals surface area contributed by atoms with E-state index >= 15 is 0 Å². The topological polar surface area (TPSA) is 21.3 Å². The molecule has 0 aromatic heterocycles. The van der Waals surface area contributed by atoms with Gasteiger partial charge in [-0.05, 0) is 43.9 Å². The molecule has 1 N–H and O–H groups in total. The summed E-state index contributed by atoms with van der Waals surface area (Å²) in [6.07, 6.45) is 4.12. The first-order valence-electron chi connectivity index (χ1n) is 6.36. The number of hydrogen-bond acceptors (Lipinski definition) is 2. The van der Waals surface area contributed by atoms with E-state index in [2.05, 4.69) is 52.4 Å². The van der Waals surface area contributed by atoms with Crippen molar-refractivity contribution in [3.8, 4) is 0 Å². The molecule has 1 aliphatic heterocycles. The van der Waals surface area contributed by atoms with E-state index in [0.29, 0.717) is 12.1 Å². The Morgan fingerprint density at radius 2 is 2.12 bits per heavy atom. The van der Waals surface area contributed by atoms with Crippen LogP contribution in [0, 0.1) is 0 Å². The Morgan fingerprint density at radius 3 is 2.76 bits per heavy atom. The van der Waals surface area contributed by atoms with E-state index in [1.807, 2.05) is 0 Å². The Morgan fingerprint density at radius 1 is 1.35 bits per heavy atom. The van der Waals surface area contributed by atoms with Crippen LogP contribution in [0.15, 0.2) is 28.7 Å². The molecule has 1 aliphatic rings. The Balaban J connectivity index is 1.80. The summed E-state index contributed by atoms with van der Waals surface area (Å²) in [5, 5.41) is 3.55. The van der Waals surface area contributed by atoms with Gasteiger partial charge in [-0.2, -0.15) is 0 Å². The highest BCUT2D eigenvalue weighted by molar-refractivity contribution is 9.10. The molecule has 2 atom stereocenters. The second kappa shape index (κ2) is 6.53. The van der Waals surface area contributed by atoms with Crippen molar-refractivity contribution in [3.05, 3.63) is 34.3 Å². The van der Waals surface area contributed by atoms with E-state index in [1.54, 1.807) is 0 Å². The van der Waals surface area contributed by atoms with Gasteiger partial charge in [0.2, 0.25) is 0 Å². The van der Waals surface area contributed by atoms with Gasteiger partial charge in [-0.3, -0.25) is 0 Å². The largest absolute Gasteiger partial charge is 0.377 e. The molecule has 3 heteroatoms. The highest BCUT2D eigenvalue weighted by Crippen LogP contribution is 2.17. The fraction of sp³-hybridized carbons (Fsp3) is 0.571. The molecule has 1 aromatic rings. The summed E-state index contributed by atoms with van der Waals surface area (Å²) in [5.74, 6) is 0. The van der Waals surface area contributed by atoms with Gasteiger partial charge >= 0.3 is 0 Å². The minimum Gasteiger partial charge on any atom is -0.377 e. The van der Waals surface area contributed by atoms with Crippen molar-refractivity contribution in [1.82, 2.24) is 5.32 Å². The minimum atomic E-state index is 0.383. The Bertz CT molecular complexity index is 333. The molecular formula is C14H20BrNO. The molecule has 2 nitrogen and oxygen atoms in total. The predicted molar refractivity (Wildman–Crippen MR) is 74.2 cm³/mol. The normalized spacial score (nSPS) is 22.4. The van der Waals surface area contributed by atoms with Gasteiger partial charge in [-0.25, -0.2) is 0 Å². The zero-order valence-corrected chi connectivity index (χ0v) is 11.9. The van der Waals surface area contributed by atoms with Crippen LogP contribution in [-0.2, 0) is 4.74 Å². The van der Waals surface area contributed by atoms with Crippen LogP contribution in [-0.4, -0.2) is 19.3 Å². The zero-order chi connectivity index (χ0) is 12.1. The molecule has 1 unspecified atom stereocenters. The number of hydrogen-bond donors (Lipinski definition) is 1. The lowest BCUT2D eigenvalue weighted by atomic mass is 10.1. The summed E-state index contributed by atoms with van der Waals surface area (Å²) in [6.45, 7) is 4.09. The zero-order valence-electron chi connectivity index (χ0n) is 10.3. The molecule has 0 bridgehead atoms. The van der Waals surface area contributed by atoms with Gasteiger partial charge in [-0.15, -0.1) is 0 Å². The number of halogens is 1. The van der Waals surface area contributed by atoms with Crippen LogP contribution < -0.4 is 5.32 Å². The van der Waals surface area contributed by atoms with Crippen LogP contribution in [0.2, 0.25) is 0 Å². The van der Waals surface area contributed by atoms with Crippen molar-refractivity contribution in [2.75, 3.05) is 13.2 Å². The Kier molecular flexibility index (Phi) is 5.01. The van der Waals surface area contributed by atoms with Gasteiger partial charge in [0, 0.05) is 23.7 Å². The average molecular weight is 298 g/mol. The molecule has 1 aromatic carbocycles. The Hall–Kier alpha value is -0.380. The van der Waals surface area contributed by atoms with Crippen molar-refractivity contribution in [3.63, 3.8) is 0 Å². The lowest BCUT2D eigenvalue weighted by Gasteiger charge is -2.24. The third kappa shape index (κ3) is 4.09. The molecule has 1 heterocycles. The van der Waals surface area contributed by atoms with E-state index in [-0.39, 0.29) is 0 Å². The van der Waals surface area contributed by atoms with Crippen molar-refractivity contribution >= 4 is 15.9 Å². The third-order valence-electron chi connectivity index (χ3n) is 3.30. The van der Waals surface area contributed by atoms with Crippen molar-refractivity contribution in [2.24, 2.45) is 0 Å². The lowest BCUT2D eigenvalue weighted by Crippen LogP contribution is -2.33. The number of benzene rings is 1. The van der Waals surface area contributed by atoms with E-state index in [4.69, 9.17) is 4.74 Å². The first-order chi connectivity index (χ1) is 8.25. The number of nitrogens with one attached hydrogen (secondary N) is 1. The van der Waals surface area contributed by atoms with Crippen LogP contribution >= 0.6 is 15.9 Å². The molecule has 94 valence electrons. The van der Waals surface area contributed by atoms with Gasteiger partial charge in [0.15, 0.2) is 0 Å². The molecule has 0 saturated carbocycles. The monoisotopic (exact) mass is 297 g/mol. The maximum Gasteiger partial charge on any atom is 0.0699 e. The standard InChI is InChI=1S/C14H20BrNO/c1-11(12-5-7-13(15)8-6-12)16-10-14-4-2-3-9-17-14/h5-8,11,14,16H,2-4,9-10H2,1H3/t11-,14?/m0/s1. The highest BCUT2D eigenvalue weighted by atomic mass is 79.9. The van der Waals surface area contributed by atoms with Gasteiger partial charge in [0.05, 0.1) is 6.10 Å². The quantitative estimate of drug-likeness (QED) is 0.916. The maximum absolute atomic E-state index is 5.71. The molecule has 0 amide bonds. The van der Waals surface area contributed by atoms with Crippen molar-refractivity contribution in [2.45, 2.75) is 38.3 Å². The van der Waals surface area contributed by atoms with Crippen LogP contribution in [0.3, 0.4) is 0 Å². The molecule has 17 heavy (non-hydrogen) atoms. The van der Waals surface area contributed by atoms with Gasteiger partial charge in [0.25, 0.3) is 0 Å². The second-order valence-corrected chi connectivity index (χ2v) is 5.59.